The molecule has 11 atom stereocenters. The Morgan fingerprint density at radius 1 is 1.20 bits per heavy atom. The quantitative estimate of drug-likeness (QED) is 0.447. The van der Waals surface area contributed by atoms with E-state index in [1.54, 1.807) is 13.8 Å². The van der Waals surface area contributed by atoms with Gasteiger partial charge in [0.15, 0.2) is 0 Å². The number of aliphatic hydroxyl groups excluding tert-OH is 2. The molecule has 1 aliphatic heterocycles. The fraction of sp³-hybridized carbons (Fsp3) is 0.800. The Kier molecular flexibility index (Phi) is 5.87. The van der Waals surface area contributed by atoms with Gasteiger partial charge in [-0.1, -0.05) is 55.7 Å². The van der Waals surface area contributed by atoms with Crippen LogP contribution in [0, 0.1) is 34.5 Å². The summed E-state index contributed by atoms with van der Waals surface area (Å²) in [7, 11) is 0. The summed E-state index contributed by atoms with van der Waals surface area (Å²) in [5, 5.41) is 44.1. The number of rotatable bonds is 3. The molecule has 35 heavy (non-hydrogen) atoms. The van der Waals surface area contributed by atoms with Crippen LogP contribution in [-0.4, -0.2) is 56.0 Å². The second-order valence-corrected chi connectivity index (χ2v) is 13.7. The van der Waals surface area contributed by atoms with Crippen molar-refractivity contribution in [3.05, 3.63) is 34.9 Å². The second kappa shape index (κ2) is 8.01. The average Bonchev–Trinajstić information content (AvgIpc) is 3.22. The van der Waals surface area contributed by atoms with Gasteiger partial charge in [-0.2, -0.15) is 0 Å². The fourth-order valence-corrected chi connectivity index (χ4v) is 9.03. The van der Waals surface area contributed by atoms with Gasteiger partial charge in [0.1, 0.15) is 6.10 Å². The highest BCUT2D eigenvalue weighted by Crippen LogP contribution is 2.70. The van der Waals surface area contributed by atoms with Gasteiger partial charge in [-0.05, 0) is 76.5 Å². The first-order valence-corrected chi connectivity index (χ1v) is 13.7. The molecule has 0 aromatic heterocycles. The van der Waals surface area contributed by atoms with E-state index in [1.165, 1.54) is 16.7 Å². The minimum absolute atomic E-state index is 0.0361. The highest BCUT2D eigenvalue weighted by Gasteiger charge is 2.70. The lowest BCUT2D eigenvalue weighted by molar-refractivity contribution is -0.154. The van der Waals surface area contributed by atoms with Crippen LogP contribution in [0.5, 0.6) is 0 Å². The highest BCUT2D eigenvalue weighted by molar-refractivity contribution is 5.46. The van der Waals surface area contributed by atoms with Gasteiger partial charge < -0.3 is 25.2 Å². The first-order chi connectivity index (χ1) is 16.2. The van der Waals surface area contributed by atoms with Gasteiger partial charge in [0.25, 0.3) is 0 Å². The van der Waals surface area contributed by atoms with E-state index in [9.17, 15) is 20.4 Å². The first-order valence-electron chi connectivity index (χ1n) is 13.7. The minimum Gasteiger partial charge on any atom is -0.393 e. The Morgan fingerprint density at radius 2 is 1.89 bits per heavy atom. The molecule has 4 fully saturated rings. The lowest BCUT2D eigenvalue weighted by atomic mass is 9.48. The lowest BCUT2D eigenvalue weighted by Crippen LogP contribution is -2.56. The summed E-state index contributed by atoms with van der Waals surface area (Å²) >= 11 is 0. The number of allylic oxidation sites excluding steroid dienone is 5. The van der Waals surface area contributed by atoms with Gasteiger partial charge in [-0.15, -0.1) is 0 Å². The molecule has 5 rings (SSSR count). The summed E-state index contributed by atoms with van der Waals surface area (Å²) in [6.07, 6.45) is 9.19. The van der Waals surface area contributed by atoms with Crippen molar-refractivity contribution in [2.45, 2.75) is 116 Å². The molecule has 0 aromatic carbocycles. The van der Waals surface area contributed by atoms with Crippen LogP contribution in [0.2, 0.25) is 0 Å². The van der Waals surface area contributed by atoms with Gasteiger partial charge in [0.05, 0.1) is 29.5 Å². The standard InChI is InChI=1S/C30H46O5/c1-8-17-15-29(6)21(20-10-9-18-13-19(31)11-12-28(18,5)23(17)20)14-22-25(29)30(7,34)26(35-22)24(32)16(2)27(3,4)33/h8-10,16,19,21-26,31-34H,11-15H2,1-7H3. The number of fused-ring (bicyclic) bond motifs is 7. The number of aliphatic hydroxyl groups is 4. The molecule has 5 aliphatic rings. The third-order valence-corrected chi connectivity index (χ3v) is 11.2. The molecule has 0 amide bonds. The Labute approximate surface area is 211 Å². The summed E-state index contributed by atoms with van der Waals surface area (Å²) in [4.78, 5) is 0. The molecule has 1 saturated heterocycles. The predicted molar refractivity (Wildman–Crippen MR) is 136 cm³/mol. The van der Waals surface area contributed by atoms with Gasteiger partial charge in [-0.3, -0.25) is 0 Å². The van der Waals surface area contributed by atoms with Gasteiger partial charge in [0, 0.05) is 17.8 Å². The average molecular weight is 487 g/mol. The normalized spacial score (nSPS) is 50.0. The van der Waals surface area contributed by atoms with Gasteiger partial charge >= 0.3 is 0 Å². The fourth-order valence-electron chi connectivity index (χ4n) is 9.03. The van der Waals surface area contributed by atoms with Crippen molar-refractivity contribution in [1.29, 1.82) is 0 Å². The molecule has 0 radical (unpaired) electrons. The molecule has 4 N–H and O–H groups in total. The molecular formula is C30H46O5. The van der Waals surface area contributed by atoms with E-state index in [4.69, 9.17) is 4.74 Å². The lowest BCUT2D eigenvalue weighted by Gasteiger charge is -2.56. The van der Waals surface area contributed by atoms with Crippen molar-refractivity contribution in [1.82, 2.24) is 0 Å². The maximum absolute atomic E-state index is 12.0. The first kappa shape index (κ1) is 25.7. The van der Waals surface area contributed by atoms with Crippen LogP contribution in [-0.2, 0) is 4.74 Å². The van der Waals surface area contributed by atoms with Crippen molar-refractivity contribution in [3.63, 3.8) is 0 Å². The Hall–Kier alpha value is -0.980. The maximum atomic E-state index is 12.0. The van der Waals surface area contributed by atoms with E-state index in [0.717, 1.165) is 32.1 Å². The third kappa shape index (κ3) is 3.52. The SMILES string of the molecule is CC=C1CC2(C)C(CC3OC(C(O)C(C)C(C)(C)O)C(C)(O)C32)C2=CC=C3CC(O)CCC3(C)C12. The van der Waals surface area contributed by atoms with Crippen LogP contribution >= 0.6 is 0 Å². The van der Waals surface area contributed by atoms with Crippen LogP contribution in [0.1, 0.15) is 80.6 Å². The van der Waals surface area contributed by atoms with E-state index < -0.39 is 29.3 Å². The Balaban J connectivity index is 1.52. The predicted octanol–water partition coefficient (Wildman–Crippen LogP) is 4.30. The molecule has 5 nitrogen and oxygen atoms in total. The van der Waals surface area contributed by atoms with E-state index in [-0.39, 0.29) is 29.0 Å². The van der Waals surface area contributed by atoms with E-state index >= 15 is 0 Å². The number of hydrogen-bond acceptors (Lipinski definition) is 5. The summed E-state index contributed by atoms with van der Waals surface area (Å²) in [5.41, 5.74) is 1.86. The molecule has 3 saturated carbocycles. The smallest absolute Gasteiger partial charge is 0.113 e. The van der Waals surface area contributed by atoms with E-state index in [2.05, 4.69) is 39.0 Å². The topological polar surface area (TPSA) is 90.2 Å². The van der Waals surface area contributed by atoms with E-state index in [0.29, 0.717) is 11.8 Å². The number of ether oxygens (including phenoxy) is 1. The van der Waals surface area contributed by atoms with Crippen molar-refractivity contribution < 1.29 is 25.2 Å². The Morgan fingerprint density at radius 3 is 2.51 bits per heavy atom. The summed E-state index contributed by atoms with van der Waals surface area (Å²) in [5.74, 6) is 0.119. The zero-order valence-corrected chi connectivity index (χ0v) is 22.6. The molecule has 0 aromatic rings. The molecule has 0 bridgehead atoms. The highest BCUT2D eigenvalue weighted by atomic mass is 16.5. The summed E-state index contributed by atoms with van der Waals surface area (Å²) in [6.45, 7) is 13.9. The van der Waals surface area contributed by atoms with Gasteiger partial charge in [-0.25, -0.2) is 0 Å². The molecule has 4 aliphatic carbocycles. The van der Waals surface area contributed by atoms with Crippen molar-refractivity contribution in [2.24, 2.45) is 34.5 Å². The molecule has 0 spiro atoms. The largest absolute Gasteiger partial charge is 0.393 e. The van der Waals surface area contributed by atoms with Crippen LogP contribution in [0.3, 0.4) is 0 Å². The zero-order chi connectivity index (χ0) is 25.7. The summed E-state index contributed by atoms with van der Waals surface area (Å²) < 4.78 is 6.52. The van der Waals surface area contributed by atoms with Crippen molar-refractivity contribution >= 4 is 0 Å². The van der Waals surface area contributed by atoms with E-state index in [1.807, 2.05) is 13.8 Å². The van der Waals surface area contributed by atoms with Crippen LogP contribution < -0.4 is 0 Å². The van der Waals surface area contributed by atoms with Crippen LogP contribution in [0.4, 0.5) is 0 Å². The van der Waals surface area contributed by atoms with Crippen LogP contribution in [0.25, 0.3) is 0 Å². The minimum atomic E-state index is -1.20. The molecule has 5 heteroatoms. The second-order valence-electron chi connectivity index (χ2n) is 13.7. The van der Waals surface area contributed by atoms with Crippen molar-refractivity contribution in [3.8, 4) is 0 Å². The zero-order valence-electron chi connectivity index (χ0n) is 22.6. The third-order valence-electron chi connectivity index (χ3n) is 11.2. The summed E-state index contributed by atoms with van der Waals surface area (Å²) in [6, 6.07) is 0. The maximum Gasteiger partial charge on any atom is 0.113 e. The molecular weight excluding hydrogens is 440 g/mol. The molecule has 11 unspecified atom stereocenters. The molecule has 1 heterocycles. The van der Waals surface area contributed by atoms with Crippen molar-refractivity contribution in [2.75, 3.05) is 0 Å². The molecule has 196 valence electrons. The number of hydrogen-bond donors (Lipinski definition) is 4. The monoisotopic (exact) mass is 486 g/mol. The van der Waals surface area contributed by atoms with Crippen LogP contribution in [0.15, 0.2) is 34.9 Å². The Bertz CT molecular complexity index is 970. The van der Waals surface area contributed by atoms with Gasteiger partial charge in [0.2, 0.25) is 0 Å².